The number of ether oxygens (including phenoxy) is 1. The first-order valence-corrected chi connectivity index (χ1v) is 12.0. The molecule has 0 saturated carbocycles. The van der Waals surface area contributed by atoms with Crippen molar-refractivity contribution < 1.29 is 19.1 Å². The van der Waals surface area contributed by atoms with Gasteiger partial charge in [0.05, 0.1) is 18.0 Å². The number of nitrogens with zero attached hydrogens (tertiary/aromatic N) is 4. The number of carbonyl (C=O) groups is 1. The van der Waals surface area contributed by atoms with Gasteiger partial charge in [0.25, 0.3) is 0 Å². The van der Waals surface area contributed by atoms with Crippen molar-refractivity contribution in [3.05, 3.63) is 113 Å². The van der Waals surface area contributed by atoms with E-state index in [0.717, 1.165) is 22.6 Å². The minimum Gasteiger partial charge on any atom is -0.493 e. The van der Waals surface area contributed by atoms with Crippen molar-refractivity contribution >= 4 is 5.97 Å². The standard InChI is InChI=1S/C29H26N4O4/c1-19(26-27(29(34)35)32-33(31-26)23-13-7-4-8-14-23)22-12-9-15-24(18-22)36-17-16-25-20(2)37-28(30-25)21-10-5-3-6-11-21/h3-15,18-19H,16-17H2,1-2H3,(H,34,35). The van der Waals surface area contributed by atoms with Crippen molar-refractivity contribution in [1.82, 2.24) is 20.0 Å². The van der Waals surface area contributed by atoms with Crippen molar-refractivity contribution in [2.75, 3.05) is 6.61 Å². The Morgan fingerprint density at radius 1 is 1.00 bits per heavy atom. The second-order valence-corrected chi connectivity index (χ2v) is 8.64. The molecule has 37 heavy (non-hydrogen) atoms. The van der Waals surface area contributed by atoms with Crippen molar-refractivity contribution in [2.45, 2.75) is 26.2 Å². The second kappa shape index (κ2) is 10.5. The van der Waals surface area contributed by atoms with E-state index in [9.17, 15) is 9.90 Å². The quantitative estimate of drug-likeness (QED) is 0.280. The Labute approximate surface area is 214 Å². The van der Waals surface area contributed by atoms with E-state index in [4.69, 9.17) is 9.15 Å². The molecule has 8 heteroatoms. The van der Waals surface area contributed by atoms with Gasteiger partial charge < -0.3 is 14.3 Å². The number of aromatic carboxylic acids is 1. The highest BCUT2D eigenvalue weighted by molar-refractivity contribution is 5.86. The molecule has 1 N–H and O–H groups in total. The van der Waals surface area contributed by atoms with Crippen LogP contribution in [-0.4, -0.2) is 37.7 Å². The lowest BCUT2D eigenvalue weighted by atomic mass is 9.96. The zero-order chi connectivity index (χ0) is 25.8. The van der Waals surface area contributed by atoms with Gasteiger partial charge in [-0.25, -0.2) is 9.78 Å². The minimum atomic E-state index is -1.12. The summed E-state index contributed by atoms with van der Waals surface area (Å²) in [4.78, 5) is 17.9. The van der Waals surface area contributed by atoms with Crippen LogP contribution in [0.2, 0.25) is 0 Å². The molecule has 0 fully saturated rings. The summed E-state index contributed by atoms with van der Waals surface area (Å²) in [6.45, 7) is 4.23. The summed E-state index contributed by atoms with van der Waals surface area (Å²) in [6, 6.07) is 26.6. The monoisotopic (exact) mass is 494 g/mol. The summed E-state index contributed by atoms with van der Waals surface area (Å²) in [5.41, 5.74) is 3.68. The highest BCUT2D eigenvalue weighted by atomic mass is 16.5. The number of aryl methyl sites for hydroxylation is 1. The van der Waals surface area contributed by atoms with Crippen LogP contribution in [0.1, 0.15) is 46.0 Å². The molecule has 0 amide bonds. The number of hydrogen-bond acceptors (Lipinski definition) is 6. The number of carboxylic acids is 1. The third-order valence-corrected chi connectivity index (χ3v) is 6.12. The number of oxazole rings is 1. The fourth-order valence-electron chi connectivity index (χ4n) is 4.10. The van der Waals surface area contributed by atoms with Gasteiger partial charge in [-0.05, 0) is 48.9 Å². The number of para-hydroxylation sites is 1. The molecule has 0 aliphatic carbocycles. The van der Waals surface area contributed by atoms with Gasteiger partial charge in [0.1, 0.15) is 17.2 Å². The van der Waals surface area contributed by atoms with Gasteiger partial charge in [-0.15, -0.1) is 5.10 Å². The molecule has 0 bridgehead atoms. The topological polar surface area (TPSA) is 103 Å². The fraction of sp³-hybridized carbons (Fsp3) is 0.172. The third-order valence-electron chi connectivity index (χ3n) is 6.12. The molecular weight excluding hydrogens is 468 g/mol. The first-order chi connectivity index (χ1) is 18.0. The minimum absolute atomic E-state index is 0.0709. The van der Waals surface area contributed by atoms with Crippen molar-refractivity contribution in [3.63, 3.8) is 0 Å². The molecule has 0 radical (unpaired) electrons. The first-order valence-electron chi connectivity index (χ1n) is 12.0. The molecule has 0 spiro atoms. The van der Waals surface area contributed by atoms with Crippen LogP contribution < -0.4 is 4.74 Å². The van der Waals surface area contributed by atoms with Crippen LogP contribution in [0.5, 0.6) is 5.75 Å². The van der Waals surface area contributed by atoms with Gasteiger partial charge in [0.15, 0.2) is 5.69 Å². The smallest absolute Gasteiger partial charge is 0.358 e. The molecule has 0 aliphatic heterocycles. The van der Waals surface area contributed by atoms with Crippen LogP contribution in [0.3, 0.4) is 0 Å². The second-order valence-electron chi connectivity index (χ2n) is 8.64. The maximum absolute atomic E-state index is 11.9. The molecule has 0 aliphatic rings. The summed E-state index contributed by atoms with van der Waals surface area (Å²) in [6.07, 6.45) is 0.594. The highest BCUT2D eigenvalue weighted by Crippen LogP contribution is 2.28. The molecule has 5 rings (SSSR count). The number of aromatic nitrogens is 4. The van der Waals surface area contributed by atoms with Crippen LogP contribution >= 0.6 is 0 Å². The lowest BCUT2D eigenvalue weighted by Gasteiger charge is -2.12. The van der Waals surface area contributed by atoms with Gasteiger partial charge in [0.2, 0.25) is 5.89 Å². The SMILES string of the molecule is Cc1oc(-c2ccccc2)nc1CCOc1cccc(C(C)c2nn(-c3ccccc3)nc2C(=O)O)c1. The average Bonchev–Trinajstić information content (AvgIpc) is 3.54. The van der Waals surface area contributed by atoms with Gasteiger partial charge in [-0.3, -0.25) is 0 Å². The highest BCUT2D eigenvalue weighted by Gasteiger charge is 2.24. The van der Waals surface area contributed by atoms with Crippen LogP contribution in [0.15, 0.2) is 89.3 Å². The Bertz CT molecular complexity index is 1510. The summed E-state index contributed by atoms with van der Waals surface area (Å²) < 4.78 is 11.9. The largest absolute Gasteiger partial charge is 0.493 e. The van der Waals surface area contributed by atoms with Crippen molar-refractivity contribution in [1.29, 1.82) is 0 Å². The van der Waals surface area contributed by atoms with E-state index in [0.29, 0.717) is 36.0 Å². The van der Waals surface area contributed by atoms with Crippen LogP contribution in [-0.2, 0) is 6.42 Å². The van der Waals surface area contributed by atoms with Crippen LogP contribution in [0.25, 0.3) is 17.1 Å². The van der Waals surface area contributed by atoms with Crippen molar-refractivity contribution in [3.8, 4) is 22.9 Å². The maximum Gasteiger partial charge on any atom is 0.358 e. The molecule has 2 aromatic heterocycles. The van der Waals surface area contributed by atoms with Gasteiger partial charge in [0, 0.05) is 17.9 Å². The predicted molar refractivity (Wildman–Crippen MR) is 138 cm³/mol. The Balaban J connectivity index is 1.30. The zero-order valence-electron chi connectivity index (χ0n) is 20.5. The first kappa shape index (κ1) is 24.0. The molecule has 8 nitrogen and oxygen atoms in total. The molecule has 0 saturated heterocycles. The van der Waals surface area contributed by atoms with Gasteiger partial charge in [-0.2, -0.15) is 9.90 Å². The van der Waals surface area contributed by atoms with E-state index in [1.54, 1.807) is 0 Å². The summed E-state index contributed by atoms with van der Waals surface area (Å²) in [5, 5.41) is 18.5. The maximum atomic E-state index is 11.9. The van der Waals surface area contributed by atoms with E-state index in [1.165, 1.54) is 4.80 Å². The molecule has 186 valence electrons. The lowest BCUT2D eigenvalue weighted by molar-refractivity contribution is 0.0688. The normalized spacial score (nSPS) is 11.8. The van der Waals surface area contributed by atoms with E-state index in [1.807, 2.05) is 98.8 Å². The Kier molecular flexibility index (Phi) is 6.81. The number of rotatable bonds is 9. The van der Waals surface area contributed by atoms with E-state index < -0.39 is 5.97 Å². The fourth-order valence-corrected chi connectivity index (χ4v) is 4.10. The zero-order valence-corrected chi connectivity index (χ0v) is 20.5. The molecule has 5 aromatic rings. The third kappa shape index (κ3) is 5.28. The van der Waals surface area contributed by atoms with Crippen LogP contribution in [0.4, 0.5) is 0 Å². The Morgan fingerprint density at radius 3 is 2.46 bits per heavy atom. The lowest BCUT2D eigenvalue weighted by Crippen LogP contribution is -2.07. The van der Waals surface area contributed by atoms with E-state index in [-0.39, 0.29) is 11.6 Å². The predicted octanol–water partition coefficient (Wildman–Crippen LogP) is 5.70. The molecule has 1 unspecified atom stereocenters. The average molecular weight is 495 g/mol. The molecule has 2 heterocycles. The number of carboxylic acid groups (broad SMARTS) is 1. The Hall–Kier alpha value is -4.72. The Morgan fingerprint density at radius 2 is 1.73 bits per heavy atom. The summed E-state index contributed by atoms with van der Waals surface area (Å²) in [7, 11) is 0. The van der Waals surface area contributed by atoms with E-state index >= 15 is 0 Å². The van der Waals surface area contributed by atoms with Crippen LogP contribution in [0, 0.1) is 6.92 Å². The molecule has 3 aromatic carbocycles. The number of hydrogen-bond donors (Lipinski definition) is 1. The summed E-state index contributed by atoms with van der Waals surface area (Å²) in [5.74, 6) is 0.628. The summed E-state index contributed by atoms with van der Waals surface area (Å²) >= 11 is 0. The molecular formula is C29H26N4O4. The molecule has 1 atom stereocenters. The van der Waals surface area contributed by atoms with Gasteiger partial charge in [-0.1, -0.05) is 55.5 Å². The van der Waals surface area contributed by atoms with E-state index in [2.05, 4.69) is 15.2 Å². The van der Waals surface area contributed by atoms with Crippen molar-refractivity contribution in [2.24, 2.45) is 0 Å². The van der Waals surface area contributed by atoms with Gasteiger partial charge >= 0.3 is 5.97 Å². The number of benzene rings is 3.